The number of amides is 1. The summed E-state index contributed by atoms with van der Waals surface area (Å²) in [7, 11) is 0. The third-order valence-corrected chi connectivity index (χ3v) is 2.50. The van der Waals surface area contributed by atoms with Gasteiger partial charge in [0.25, 0.3) is 0 Å². The van der Waals surface area contributed by atoms with Gasteiger partial charge in [0.15, 0.2) is 0 Å². The van der Waals surface area contributed by atoms with Crippen LogP contribution >= 0.6 is 0 Å². The summed E-state index contributed by atoms with van der Waals surface area (Å²) in [6, 6.07) is 1.54. The first kappa shape index (κ1) is 16.5. The van der Waals surface area contributed by atoms with Crippen LogP contribution in [-0.4, -0.2) is 28.0 Å². The first-order valence-corrected chi connectivity index (χ1v) is 6.94. The number of nitrogens with zero attached hydrogens (tertiary/aromatic N) is 2. The molecule has 0 aliphatic heterocycles. The monoisotopic (exact) mass is 282 g/mol. The highest BCUT2D eigenvalue weighted by molar-refractivity contribution is 5.68. The molecular formula is C14H26N4O2. The van der Waals surface area contributed by atoms with E-state index in [0.29, 0.717) is 5.92 Å². The Labute approximate surface area is 120 Å². The molecular weight excluding hydrogens is 256 g/mol. The van der Waals surface area contributed by atoms with E-state index in [0.717, 1.165) is 12.2 Å². The van der Waals surface area contributed by atoms with Crippen molar-refractivity contribution < 1.29 is 9.53 Å². The standard InChI is InChI=1S/C14H26N4O2/c1-10(2)9-18-7-6-11(17-18)12(8-15)16-13(19)20-14(3,4)5/h6-7,10,12H,8-9,15H2,1-5H3,(H,16,19). The van der Waals surface area contributed by atoms with Crippen molar-refractivity contribution in [1.82, 2.24) is 15.1 Å². The molecule has 0 aromatic carbocycles. The first-order chi connectivity index (χ1) is 9.21. The minimum atomic E-state index is -0.528. The van der Waals surface area contributed by atoms with Gasteiger partial charge in [-0.15, -0.1) is 0 Å². The number of hydrogen-bond acceptors (Lipinski definition) is 4. The molecule has 1 aromatic rings. The fourth-order valence-electron chi connectivity index (χ4n) is 1.74. The Morgan fingerprint density at radius 2 is 2.15 bits per heavy atom. The van der Waals surface area contributed by atoms with E-state index in [9.17, 15) is 4.79 Å². The van der Waals surface area contributed by atoms with Gasteiger partial charge in [-0.1, -0.05) is 13.8 Å². The molecule has 1 heterocycles. The van der Waals surface area contributed by atoms with Gasteiger partial charge in [0.05, 0.1) is 11.7 Å². The molecule has 1 atom stereocenters. The van der Waals surface area contributed by atoms with Crippen LogP contribution in [-0.2, 0) is 11.3 Å². The molecule has 6 nitrogen and oxygen atoms in total. The zero-order chi connectivity index (χ0) is 15.3. The van der Waals surface area contributed by atoms with E-state index in [1.165, 1.54) is 0 Å². The Bertz CT molecular complexity index is 435. The minimum Gasteiger partial charge on any atom is -0.444 e. The molecule has 0 bridgehead atoms. The second-order valence-electron chi connectivity index (χ2n) is 6.29. The fourth-order valence-corrected chi connectivity index (χ4v) is 1.74. The van der Waals surface area contributed by atoms with Gasteiger partial charge >= 0.3 is 6.09 Å². The Hall–Kier alpha value is -1.56. The number of rotatable bonds is 5. The summed E-state index contributed by atoms with van der Waals surface area (Å²) in [6.07, 6.45) is 1.42. The van der Waals surface area contributed by atoms with Crippen molar-refractivity contribution in [2.75, 3.05) is 6.54 Å². The van der Waals surface area contributed by atoms with Crippen LogP contribution in [0.25, 0.3) is 0 Å². The van der Waals surface area contributed by atoms with Crippen molar-refractivity contribution in [2.45, 2.75) is 52.8 Å². The zero-order valence-electron chi connectivity index (χ0n) is 13.0. The van der Waals surface area contributed by atoms with Crippen molar-refractivity contribution in [2.24, 2.45) is 11.7 Å². The van der Waals surface area contributed by atoms with Crippen molar-refractivity contribution >= 4 is 6.09 Å². The van der Waals surface area contributed by atoms with E-state index >= 15 is 0 Å². The number of alkyl carbamates (subject to hydrolysis) is 1. The van der Waals surface area contributed by atoms with Gasteiger partial charge < -0.3 is 15.8 Å². The second kappa shape index (κ2) is 6.74. The molecule has 0 saturated heterocycles. The second-order valence-corrected chi connectivity index (χ2v) is 6.29. The van der Waals surface area contributed by atoms with Crippen LogP contribution in [0.4, 0.5) is 4.79 Å². The number of hydrogen-bond donors (Lipinski definition) is 2. The molecule has 1 amide bonds. The smallest absolute Gasteiger partial charge is 0.408 e. The molecule has 0 spiro atoms. The maximum atomic E-state index is 11.8. The van der Waals surface area contributed by atoms with Crippen LogP contribution in [0.5, 0.6) is 0 Å². The topological polar surface area (TPSA) is 82.2 Å². The minimum absolute atomic E-state index is 0.276. The predicted molar refractivity (Wildman–Crippen MR) is 78.2 cm³/mol. The Kier molecular flexibility index (Phi) is 5.56. The zero-order valence-corrected chi connectivity index (χ0v) is 13.0. The summed E-state index contributed by atoms with van der Waals surface area (Å²) in [5.41, 5.74) is 5.93. The maximum Gasteiger partial charge on any atom is 0.408 e. The van der Waals surface area contributed by atoms with Crippen molar-refractivity contribution in [1.29, 1.82) is 0 Å². The molecule has 6 heteroatoms. The predicted octanol–water partition coefficient (Wildman–Crippen LogP) is 2.06. The molecule has 3 N–H and O–H groups in total. The first-order valence-electron chi connectivity index (χ1n) is 6.94. The number of carbonyl (C=O) groups is 1. The molecule has 0 saturated carbocycles. The van der Waals surface area contributed by atoms with Crippen LogP contribution < -0.4 is 11.1 Å². The molecule has 0 radical (unpaired) electrons. The molecule has 0 aliphatic carbocycles. The van der Waals surface area contributed by atoms with Gasteiger partial charge in [-0.05, 0) is 32.8 Å². The summed E-state index contributed by atoms with van der Waals surface area (Å²) in [5, 5.41) is 7.18. The lowest BCUT2D eigenvalue weighted by molar-refractivity contribution is 0.0504. The molecule has 114 valence electrons. The van der Waals surface area contributed by atoms with Gasteiger partial charge in [-0.3, -0.25) is 4.68 Å². The lowest BCUT2D eigenvalue weighted by Crippen LogP contribution is -2.38. The lowest BCUT2D eigenvalue weighted by atomic mass is 10.2. The third kappa shape index (κ3) is 5.61. The van der Waals surface area contributed by atoms with Crippen molar-refractivity contribution in [3.63, 3.8) is 0 Å². The summed E-state index contributed by atoms with van der Waals surface area (Å²) in [4.78, 5) is 11.8. The van der Waals surface area contributed by atoms with Gasteiger partial charge in [0.1, 0.15) is 5.60 Å². The van der Waals surface area contributed by atoms with E-state index in [1.807, 2.05) is 37.7 Å². The van der Waals surface area contributed by atoms with Gasteiger partial charge in [-0.2, -0.15) is 5.10 Å². The summed E-state index contributed by atoms with van der Waals surface area (Å²) in [5.74, 6) is 0.512. The van der Waals surface area contributed by atoms with Crippen molar-refractivity contribution in [3.8, 4) is 0 Å². The highest BCUT2D eigenvalue weighted by Crippen LogP contribution is 2.12. The average molecular weight is 282 g/mol. The molecule has 1 aromatic heterocycles. The summed E-state index contributed by atoms with van der Waals surface area (Å²) in [6.45, 7) is 10.8. The van der Waals surface area contributed by atoms with E-state index in [4.69, 9.17) is 10.5 Å². The number of carbonyl (C=O) groups excluding carboxylic acids is 1. The molecule has 1 rings (SSSR count). The number of nitrogens with one attached hydrogen (secondary N) is 1. The van der Waals surface area contributed by atoms with E-state index in [2.05, 4.69) is 24.3 Å². The van der Waals surface area contributed by atoms with Crippen LogP contribution in [0.2, 0.25) is 0 Å². The Balaban J connectivity index is 2.66. The van der Waals surface area contributed by atoms with E-state index in [1.54, 1.807) is 0 Å². The quantitative estimate of drug-likeness (QED) is 0.866. The molecule has 0 fully saturated rings. The highest BCUT2D eigenvalue weighted by Gasteiger charge is 2.21. The fraction of sp³-hybridized carbons (Fsp3) is 0.714. The Morgan fingerprint density at radius 1 is 1.50 bits per heavy atom. The van der Waals surface area contributed by atoms with Crippen LogP contribution in [0.1, 0.15) is 46.4 Å². The van der Waals surface area contributed by atoms with Gasteiger partial charge in [-0.25, -0.2) is 4.79 Å². The van der Waals surface area contributed by atoms with Crippen molar-refractivity contribution in [3.05, 3.63) is 18.0 Å². The summed E-state index contributed by atoms with van der Waals surface area (Å²) < 4.78 is 7.08. The van der Waals surface area contributed by atoms with Gasteiger partial charge in [0, 0.05) is 19.3 Å². The molecule has 1 unspecified atom stereocenters. The number of ether oxygens (including phenoxy) is 1. The average Bonchev–Trinajstić information content (AvgIpc) is 2.70. The maximum absolute atomic E-state index is 11.8. The molecule has 20 heavy (non-hydrogen) atoms. The normalized spacial score (nSPS) is 13.3. The number of nitrogens with two attached hydrogens (primary N) is 1. The van der Waals surface area contributed by atoms with E-state index in [-0.39, 0.29) is 12.6 Å². The molecule has 0 aliphatic rings. The third-order valence-electron chi connectivity index (χ3n) is 2.50. The van der Waals surface area contributed by atoms with Crippen LogP contribution in [0, 0.1) is 5.92 Å². The Morgan fingerprint density at radius 3 is 2.65 bits per heavy atom. The summed E-state index contributed by atoms with van der Waals surface area (Å²) >= 11 is 0. The largest absolute Gasteiger partial charge is 0.444 e. The van der Waals surface area contributed by atoms with Crippen LogP contribution in [0.3, 0.4) is 0 Å². The lowest BCUT2D eigenvalue weighted by Gasteiger charge is -2.22. The highest BCUT2D eigenvalue weighted by atomic mass is 16.6. The SMILES string of the molecule is CC(C)Cn1ccc(C(CN)NC(=O)OC(C)(C)C)n1. The van der Waals surface area contributed by atoms with E-state index < -0.39 is 11.7 Å². The van der Waals surface area contributed by atoms with Gasteiger partial charge in [0.2, 0.25) is 0 Å². The van der Waals surface area contributed by atoms with Crippen LogP contribution in [0.15, 0.2) is 12.3 Å². The number of aromatic nitrogens is 2.